The van der Waals surface area contributed by atoms with Gasteiger partial charge in [-0.2, -0.15) is 0 Å². The molecule has 2 aromatic carbocycles. The number of rotatable bonds is 29. The largest absolute Gasteiger partial charge is 0.453 e. The number of aromatic nitrogens is 1. The maximum atomic E-state index is 15.0. The number of pyridine rings is 1. The number of aliphatic hydroxyl groups excluding tert-OH is 1. The molecule has 66 heavy (non-hydrogen) atoms. The van der Waals surface area contributed by atoms with Crippen molar-refractivity contribution in [1.82, 2.24) is 31.4 Å². The predicted molar refractivity (Wildman–Crippen MR) is 248 cm³/mol. The molecule has 0 spiro atoms. The first-order chi connectivity index (χ1) is 37.2. The van der Waals surface area contributed by atoms with Crippen molar-refractivity contribution in [3.05, 3.63) is 90.1 Å². The van der Waals surface area contributed by atoms with E-state index in [-0.39, 0.29) is 45.0 Å². The zero-order valence-electron chi connectivity index (χ0n) is 51.6. The predicted octanol–water partition coefficient (Wildman–Crippen LogP) is 4.29. The van der Waals surface area contributed by atoms with Crippen molar-refractivity contribution in [1.29, 1.82) is 0 Å². The van der Waals surface area contributed by atoms with E-state index in [2.05, 4.69) is 25.8 Å². The van der Waals surface area contributed by atoms with Crippen molar-refractivity contribution in [2.45, 2.75) is 78.5 Å². The third kappa shape index (κ3) is 21.4. The van der Waals surface area contributed by atoms with Gasteiger partial charge < -0.3 is 54.2 Å². The second kappa shape index (κ2) is 29.4. The highest BCUT2D eigenvalue weighted by molar-refractivity contribution is 5.87. The van der Waals surface area contributed by atoms with Gasteiger partial charge in [0.1, 0.15) is 18.7 Å². The first-order valence-electron chi connectivity index (χ1n) is 28.0. The van der Waals surface area contributed by atoms with Crippen LogP contribution in [0.5, 0.6) is 0 Å². The van der Waals surface area contributed by atoms with Crippen LogP contribution in [0.1, 0.15) is 71.6 Å². The lowest BCUT2D eigenvalue weighted by molar-refractivity contribution is -0.132. The molecular weight excluding hydrogens is 853 g/mol. The Balaban J connectivity index is 2.07. The number of ether oxygens (including phenoxy) is 7. The summed E-state index contributed by atoms with van der Waals surface area (Å²) in [5.41, 5.74) is -2.08. The number of carbonyl (C=O) groups is 4. The number of hydrogen-bond acceptors (Lipinski definition) is 14. The molecular formula is C48H72N6O12. The van der Waals surface area contributed by atoms with Gasteiger partial charge in [0.25, 0.3) is 5.91 Å². The van der Waals surface area contributed by atoms with Crippen molar-refractivity contribution in [2.75, 3.05) is 86.8 Å². The number of aliphatic hydroxyl groups is 1. The lowest BCUT2D eigenvalue weighted by atomic mass is 9.85. The van der Waals surface area contributed by atoms with E-state index in [1.54, 1.807) is 55.6 Å². The Morgan fingerprint density at radius 3 is 1.83 bits per heavy atom. The zero-order valence-corrected chi connectivity index (χ0v) is 37.6. The van der Waals surface area contributed by atoms with Gasteiger partial charge in [0.2, 0.25) is 5.91 Å². The summed E-state index contributed by atoms with van der Waals surface area (Å²) in [6, 6.07) is 12.5. The molecule has 18 heteroatoms. The third-order valence-corrected chi connectivity index (χ3v) is 9.26. The van der Waals surface area contributed by atoms with E-state index in [9.17, 15) is 27.0 Å². The molecule has 0 aliphatic rings. The Labute approximate surface area is 409 Å². The highest BCUT2D eigenvalue weighted by Gasteiger charge is 2.37. The number of nitrogens with one attached hydrogen (secondary N) is 4. The number of hydrazine groups is 1. The number of carbonyl (C=O) groups excluding carboxylic acids is 4. The molecule has 0 aliphatic heterocycles. The lowest BCUT2D eigenvalue weighted by Crippen LogP contribution is -2.61. The Morgan fingerprint density at radius 1 is 0.697 bits per heavy atom. The van der Waals surface area contributed by atoms with Crippen LogP contribution in [0.25, 0.3) is 11.3 Å². The Hall–Kier alpha value is -5.21. The van der Waals surface area contributed by atoms with Gasteiger partial charge in [-0.1, -0.05) is 102 Å². The molecule has 18 nitrogen and oxygen atoms in total. The zero-order chi connectivity index (χ0) is 60.2. The molecule has 0 saturated heterocycles. The van der Waals surface area contributed by atoms with E-state index in [0.29, 0.717) is 48.3 Å². The molecule has 366 valence electrons. The summed E-state index contributed by atoms with van der Waals surface area (Å²) in [7, 11) is -1.65. The molecule has 1 aromatic heterocycles. The summed E-state index contributed by atoms with van der Waals surface area (Å²) < 4.78 is 153. The molecule has 0 fully saturated rings. The van der Waals surface area contributed by atoms with Gasteiger partial charge in [-0.15, -0.1) is 0 Å². The molecule has 0 radical (unpaired) electrons. The quantitative estimate of drug-likeness (QED) is 0.0485. The molecule has 0 unspecified atom stereocenters. The Kier molecular flexibility index (Phi) is 16.4. The highest BCUT2D eigenvalue weighted by Crippen LogP contribution is 2.23. The molecule has 5 N–H and O–H groups in total. The van der Waals surface area contributed by atoms with Gasteiger partial charge in [0.15, 0.2) is 0 Å². The van der Waals surface area contributed by atoms with Gasteiger partial charge in [-0.25, -0.2) is 14.6 Å². The first-order valence-corrected chi connectivity index (χ1v) is 21.0. The van der Waals surface area contributed by atoms with Gasteiger partial charge >= 0.3 is 12.2 Å². The number of alkyl carbamates (subject to hydrolysis) is 2. The fourth-order valence-corrected chi connectivity index (χ4v) is 5.90. The standard InChI is InChI=1S/C48H72N6O12/c1-47(2,3)41(51-45(58)61-8)43(56)50-39(32-35-14-10-9-11-15-35)40(55)34-54(33-36-17-19-37(20-18-36)38-16-12-13-21-49-38)53-44(57)42(48(4,5)6)52-46(59)66-31-30-65-29-28-64-27-26-63-25-24-62-23-22-60-7/h9-21,39-42,55H,22-34H2,1-8H3,(H,50,56)(H,51,58)(H,52,59)(H,53,57)/t39-,40-,41+,42+/m0/s1/i4D3,5D3,6D3,8D3,33D2. The van der Waals surface area contributed by atoms with Crippen LogP contribution in [-0.4, -0.2) is 150 Å². The van der Waals surface area contributed by atoms with Gasteiger partial charge in [-0.05, 0) is 40.5 Å². The van der Waals surface area contributed by atoms with Crippen molar-refractivity contribution in [3.8, 4) is 11.3 Å². The minimum Gasteiger partial charge on any atom is -0.453 e. The number of hydrogen-bond donors (Lipinski definition) is 5. The second-order valence-corrected chi connectivity index (χ2v) is 15.7. The Morgan fingerprint density at radius 2 is 1.27 bits per heavy atom. The van der Waals surface area contributed by atoms with Crippen molar-refractivity contribution < 1.29 is 76.6 Å². The van der Waals surface area contributed by atoms with Crippen LogP contribution in [0.4, 0.5) is 9.59 Å². The topological polar surface area (TPSA) is 217 Å². The first kappa shape index (κ1) is 36.9. The third-order valence-electron chi connectivity index (χ3n) is 9.26. The number of benzene rings is 2. The fraction of sp³-hybridized carbons (Fsp3) is 0.562. The van der Waals surface area contributed by atoms with E-state index in [1.807, 2.05) is 5.32 Å². The van der Waals surface area contributed by atoms with E-state index in [4.69, 9.17) is 44.9 Å². The SMILES string of the molecule is [2H]C([2H])([2H])OC(=O)N[C@H](C(=O)N[C@@H](Cc1ccccc1)[C@@H](O)CN(NC(=O)[C@@H](NC(=O)OCCOCCOCCOCCOCCOC)C(C([2H])([2H])[2H])(C([2H])([2H])[2H])C([2H])([2H])[2H])C([2H])([2H])c1ccc(-c2ccccn2)cc1)C(C)(C)C. The average Bonchev–Trinajstić information content (AvgIpc) is 3.51. The fourth-order valence-electron chi connectivity index (χ4n) is 5.90. The van der Waals surface area contributed by atoms with Crippen molar-refractivity contribution >= 4 is 24.0 Å². The molecule has 4 amide bonds. The molecule has 1 heterocycles. The molecule has 0 bridgehead atoms. The monoisotopic (exact) mass is 939 g/mol. The van der Waals surface area contributed by atoms with Gasteiger partial charge in [0.05, 0.1) is 91.2 Å². The van der Waals surface area contributed by atoms with Crippen LogP contribution < -0.4 is 21.4 Å². The van der Waals surface area contributed by atoms with Gasteiger partial charge in [0, 0.05) is 44.2 Å². The van der Waals surface area contributed by atoms with Crippen LogP contribution in [-0.2, 0) is 55.7 Å². The van der Waals surface area contributed by atoms with Crippen molar-refractivity contribution in [3.63, 3.8) is 0 Å². The molecule has 0 saturated carbocycles. The van der Waals surface area contributed by atoms with E-state index in [1.165, 1.54) is 51.2 Å². The van der Waals surface area contributed by atoms with Crippen LogP contribution in [0.2, 0.25) is 0 Å². The maximum absolute atomic E-state index is 15.0. The summed E-state index contributed by atoms with van der Waals surface area (Å²) in [5, 5.41) is 19.3. The lowest BCUT2D eigenvalue weighted by Gasteiger charge is -2.35. The van der Waals surface area contributed by atoms with Crippen LogP contribution >= 0.6 is 0 Å². The molecule has 3 rings (SSSR count). The smallest absolute Gasteiger partial charge is 0.407 e. The van der Waals surface area contributed by atoms with E-state index in [0.717, 1.165) is 0 Å². The minimum atomic E-state index is -4.16. The van der Waals surface area contributed by atoms with Crippen LogP contribution in [0.15, 0.2) is 79.0 Å². The van der Waals surface area contributed by atoms with Crippen LogP contribution in [0.3, 0.4) is 0 Å². The summed E-state index contributed by atoms with van der Waals surface area (Å²) in [6.45, 7) is -10.9. The van der Waals surface area contributed by atoms with E-state index >= 15 is 0 Å². The Bertz CT molecular complexity index is 2330. The molecule has 0 aliphatic carbocycles. The van der Waals surface area contributed by atoms with Crippen molar-refractivity contribution in [2.24, 2.45) is 10.8 Å². The highest BCUT2D eigenvalue weighted by atomic mass is 16.6. The number of methoxy groups -OCH3 is 2. The second-order valence-electron chi connectivity index (χ2n) is 15.7. The van der Waals surface area contributed by atoms with E-state index < -0.39 is 106 Å². The summed E-state index contributed by atoms with van der Waals surface area (Å²) in [6.07, 6.45) is -3.92. The summed E-state index contributed by atoms with van der Waals surface area (Å²) in [5.74, 6) is -2.92. The molecule has 3 aromatic rings. The van der Waals surface area contributed by atoms with Crippen LogP contribution in [0, 0.1) is 10.8 Å². The van der Waals surface area contributed by atoms with Gasteiger partial charge in [-0.3, -0.25) is 20.0 Å². The number of nitrogens with zero attached hydrogens (tertiary/aromatic N) is 2. The summed E-state index contributed by atoms with van der Waals surface area (Å²) >= 11 is 0. The number of amides is 4. The molecule has 4 atom stereocenters. The maximum Gasteiger partial charge on any atom is 0.407 e. The average molecular weight is 939 g/mol. The minimum absolute atomic E-state index is 0.0166. The summed E-state index contributed by atoms with van der Waals surface area (Å²) in [4.78, 5) is 59.7. The normalized spacial score (nSPS) is 17.7.